The summed E-state index contributed by atoms with van der Waals surface area (Å²) in [7, 11) is 0. The summed E-state index contributed by atoms with van der Waals surface area (Å²) in [6.45, 7) is 3.45. The first-order chi connectivity index (χ1) is 8.45. The molecule has 5 nitrogen and oxygen atoms in total. The van der Waals surface area contributed by atoms with E-state index in [1.165, 1.54) is 0 Å². The maximum atomic E-state index is 11.7. The zero-order chi connectivity index (χ0) is 13.7. The fourth-order valence-corrected chi connectivity index (χ4v) is 1.45. The number of aliphatic carboxylic acids is 1. The molecule has 0 saturated heterocycles. The molecule has 3 N–H and O–H groups in total. The van der Waals surface area contributed by atoms with E-state index >= 15 is 0 Å². The molecule has 98 valence electrons. The maximum Gasteiger partial charge on any atom is 0.328 e. The van der Waals surface area contributed by atoms with Crippen molar-refractivity contribution >= 4 is 11.9 Å². The zero-order valence-corrected chi connectivity index (χ0v) is 10.4. The number of aliphatic hydroxyl groups excluding tert-OH is 1. The summed E-state index contributed by atoms with van der Waals surface area (Å²) in [6.07, 6.45) is 0. The number of carbonyl (C=O) groups excluding carboxylic acids is 1. The van der Waals surface area contributed by atoms with Crippen LogP contribution in [0.15, 0.2) is 24.3 Å². The van der Waals surface area contributed by atoms with Gasteiger partial charge in [0.25, 0.3) is 5.91 Å². The number of hydrogen-bond acceptors (Lipinski definition) is 3. The largest absolute Gasteiger partial charge is 0.480 e. The van der Waals surface area contributed by atoms with E-state index in [9.17, 15) is 9.59 Å². The quantitative estimate of drug-likeness (QED) is 0.728. The number of carboxylic acids is 1. The highest BCUT2D eigenvalue weighted by atomic mass is 16.4. The number of nitrogens with one attached hydrogen (secondary N) is 1. The fourth-order valence-electron chi connectivity index (χ4n) is 1.45. The van der Waals surface area contributed by atoms with Gasteiger partial charge in [-0.3, -0.25) is 4.79 Å². The average Bonchev–Trinajstić information content (AvgIpc) is 2.35. The minimum Gasteiger partial charge on any atom is -0.480 e. The Morgan fingerprint density at radius 3 is 2.17 bits per heavy atom. The van der Waals surface area contributed by atoms with Gasteiger partial charge in [0, 0.05) is 5.56 Å². The van der Waals surface area contributed by atoms with E-state index in [0.717, 1.165) is 5.56 Å². The van der Waals surface area contributed by atoms with E-state index in [4.69, 9.17) is 10.2 Å². The van der Waals surface area contributed by atoms with Gasteiger partial charge in [-0.1, -0.05) is 26.0 Å². The monoisotopic (exact) mass is 251 g/mol. The Kier molecular flexibility index (Phi) is 4.85. The van der Waals surface area contributed by atoms with Crippen LogP contribution in [-0.4, -0.2) is 34.7 Å². The third kappa shape index (κ3) is 3.56. The van der Waals surface area contributed by atoms with E-state index in [-0.39, 0.29) is 0 Å². The molecule has 5 heteroatoms. The molecule has 0 aliphatic rings. The first kappa shape index (κ1) is 14.2. The highest BCUT2D eigenvalue weighted by Gasteiger charge is 2.19. The van der Waals surface area contributed by atoms with Gasteiger partial charge in [-0.15, -0.1) is 0 Å². The number of benzene rings is 1. The van der Waals surface area contributed by atoms with Crippen LogP contribution in [0.1, 0.15) is 35.7 Å². The maximum absolute atomic E-state index is 11.7. The molecule has 18 heavy (non-hydrogen) atoms. The van der Waals surface area contributed by atoms with Crippen LogP contribution in [-0.2, 0) is 4.79 Å². The lowest BCUT2D eigenvalue weighted by atomic mass is 10.0. The molecular weight excluding hydrogens is 234 g/mol. The smallest absolute Gasteiger partial charge is 0.328 e. The molecule has 0 unspecified atom stereocenters. The van der Waals surface area contributed by atoms with Gasteiger partial charge >= 0.3 is 5.97 Å². The van der Waals surface area contributed by atoms with Gasteiger partial charge in [-0.25, -0.2) is 4.79 Å². The standard InChI is InChI=1S/C13H17NO4/c1-8(2)9-3-5-10(6-4-9)12(16)14-11(7-15)13(17)18/h3-6,8,11,15H,7H2,1-2H3,(H,14,16)(H,17,18)/t11-/m1/s1. The minimum atomic E-state index is -1.28. The molecule has 0 saturated carbocycles. The van der Waals surface area contributed by atoms with Crippen LogP contribution in [0.3, 0.4) is 0 Å². The third-order valence-electron chi connectivity index (χ3n) is 2.63. The van der Waals surface area contributed by atoms with Crippen LogP contribution in [0.25, 0.3) is 0 Å². The van der Waals surface area contributed by atoms with Crippen molar-refractivity contribution in [1.29, 1.82) is 0 Å². The number of hydrogen-bond donors (Lipinski definition) is 3. The van der Waals surface area contributed by atoms with Crippen molar-refractivity contribution in [3.63, 3.8) is 0 Å². The molecule has 0 aromatic heterocycles. The van der Waals surface area contributed by atoms with E-state index < -0.39 is 24.5 Å². The number of rotatable bonds is 5. The Hall–Kier alpha value is -1.88. The van der Waals surface area contributed by atoms with Crippen molar-refractivity contribution in [1.82, 2.24) is 5.32 Å². The van der Waals surface area contributed by atoms with Gasteiger partial charge in [0.15, 0.2) is 6.04 Å². The topological polar surface area (TPSA) is 86.6 Å². The molecule has 1 atom stereocenters. The second-order valence-electron chi connectivity index (χ2n) is 4.32. The van der Waals surface area contributed by atoms with Crippen molar-refractivity contribution in [2.75, 3.05) is 6.61 Å². The van der Waals surface area contributed by atoms with Crippen molar-refractivity contribution in [2.24, 2.45) is 0 Å². The Labute approximate surface area is 105 Å². The van der Waals surface area contributed by atoms with E-state index in [2.05, 4.69) is 5.32 Å². The van der Waals surface area contributed by atoms with Gasteiger partial charge in [-0.05, 0) is 23.6 Å². The average molecular weight is 251 g/mol. The first-order valence-corrected chi connectivity index (χ1v) is 5.70. The first-order valence-electron chi connectivity index (χ1n) is 5.70. The molecule has 0 bridgehead atoms. The third-order valence-corrected chi connectivity index (χ3v) is 2.63. The second kappa shape index (κ2) is 6.16. The number of amides is 1. The molecule has 0 aliphatic heterocycles. The summed E-state index contributed by atoms with van der Waals surface area (Å²) in [5.41, 5.74) is 1.47. The van der Waals surface area contributed by atoms with Gasteiger partial charge in [-0.2, -0.15) is 0 Å². The number of aliphatic hydroxyl groups is 1. The Morgan fingerprint density at radius 1 is 1.22 bits per heavy atom. The lowest BCUT2D eigenvalue weighted by molar-refractivity contribution is -0.140. The predicted octanol–water partition coefficient (Wildman–Crippen LogP) is 0.985. The van der Waals surface area contributed by atoms with Gasteiger partial charge in [0.1, 0.15) is 0 Å². The lowest BCUT2D eigenvalue weighted by Crippen LogP contribution is -2.43. The van der Waals surface area contributed by atoms with Crippen LogP contribution in [0.4, 0.5) is 0 Å². The summed E-state index contributed by atoms with van der Waals surface area (Å²) >= 11 is 0. The molecule has 0 spiro atoms. The van der Waals surface area contributed by atoms with Gasteiger partial charge < -0.3 is 15.5 Å². The Balaban J connectivity index is 2.75. The Morgan fingerprint density at radius 2 is 1.78 bits per heavy atom. The molecule has 0 heterocycles. The summed E-state index contributed by atoms with van der Waals surface area (Å²) in [5.74, 6) is -1.40. The molecule has 1 aromatic rings. The molecule has 1 amide bonds. The number of carboxylic acid groups (broad SMARTS) is 1. The van der Waals surface area contributed by atoms with Crippen LogP contribution in [0.5, 0.6) is 0 Å². The van der Waals surface area contributed by atoms with Crippen LogP contribution in [0, 0.1) is 0 Å². The molecule has 1 aromatic carbocycles. The van der Waals surface area contributed by atoms with Gasteiger partial charge in [0.05, 0.1) is 6.61 Å². The molecule has 1 rings (SSSR count). The van der Waals surface area contributed by atoms with Gasteiger partial charge in [0.2, 0.25) is 0 Å². The van der Waals surface area contributed by atoms with Crippen molar-refractivity contribution in [3.8, 4) is 0 Å². The minimum absolute atomic E-state index is 0.367. The molecule has 0 aliphatic carbocycles. The second-order valence-corrected chi connectivity index (χ2v) is 4.32. The van der Waals surface area contributed by atoms with Crippen LogP contribution >= 0.6 is 0 Å². The molecule has 0 radical (unpaired) electrons. The summed E-state index contributed by atoms with van der Waals surface area (Å²) in [5, 5.41) is 19.8. The predicted molar refractivity (Wildman–Crippen MR) is 66.5 cm³/mol. The number of carbonyl (C=O) groups is 2. The van der Waals surface area contributed by atoms with Crippen molar-refractivity contribution < 1.29 is 19.8 Å². The highest BCUT2D eigenvalue weighted by molar-refractivity contribution is 5.96. The molecular formula is C13H17NO4. The Bertz CT molecular complexity index is 425. The summed E-state index contributed by atoms with van der Waals surface area (Å²) < 4.78 is 0. The van der Waals surface area contributed by atoms with Crippen LogP contribution in [0.2, 0.25) is 0 Å². The van der Waals surface area contributed by atoms with E-state index in [1.54, 1.807) is 12.1 Å². The van der Waals surface area contributed by atoms with Crippen molar-refractivity contribution in [3.05, 3.63) is 35.4 Å². The van der Waals surface area contributed by atoms with E-state index in [0.29, 0.717) is 11.5 Å². The summed E-state index contributed by atoms with van der Waals surface area (Å²) in [4.78, 5) is 22.4. The normalized spacial score (nSPS) is 12.2. The highest BCUT2D eigenvalue weighted by Crippen LogP contribution is 2.14. The van der Waals surface area contributed by atoms with Crippen molar-refractivity contribution in [2.45, 2.75) is 25.8 Å². The fraction of sp³-hybridized carbons (Fsp3) is 0.385. The zero-order valence-electron chi connectivity index (χ0n) is 10.4. The van der Waals surface area contributed by atoms with Crippen LogP contribution < -0.4 is 5.32 Å². The molecule has 0 fully saturated rings. The SMILES string of the molecule is CC(C)c1ccc(C(=O)N[C@H](CO)C(=O)O)cc1. The summed E-state index contributed by atoms with van der Waals surface area (Å²) in [6, 6.07) is 5.66. The lowest BCUT2D eigenvalue weighted by Gasteiger charge is -2.12. The van der Waals surface area contributed by atoms with E-state index in [1.807, 2.05) is 26.0 Å².